The molecule has 1 heterocycles. The molecule has 1 aliphatic heterocycles. The molecule has 3 heteroatoms. The van der Waals surface area contributed by atoms with E-state index < -0.39 is 0 Å². The largest absolute Gasteiger partial charge is 0.323 e. The second kappa shape index (κ2) is 5.81. The lowest BCUT2D eigenvalue weighted by Gasteiger charge is -2.39. The summed E-state index contributed by atoms with van der Waals surface area (Å²) in [4.78, 5) is 2.46. The van der Waals surface area contributed by atoms with E-state index in [4.69, 9.17) is 5.73 Å². The van der Waals surface area contributed by atoms with E-state index >= 15 is 0 Å². The molecule has 18 heavy (non-hydrogen) atoms. The summed E-state index contributed by atoms with van der Waals surface area (Å²) in [5, 5.41) is 0. The highest BCUT2D eigenvalue weighted by Gasteiger charge is 2.25. The second-order valence-corrected chi connectivity index (χ2v) is 5.51. The normalized spacial score (nSPS) is 27.1. The molecule has 0 saturated carbocycles. The maximum atomic E-state index is 12.9. The molecule has 3 unspecified atom stereocenters. The Kier molecular flexibility index (Phi) is 4.36. The van der Waals surface area contributed by atoms with Gasteiger partial charge in [-0.1, -0.05) is 19.1 Å². The number of halogens is 1. The number of rotatable bonds is 3. The monoisotopic (exact) mass is 250 g/mol. The van der Waals surface area contributed by atoms with Crippen LogP contribution in [0.1, 0.15) is 38.3 Å². The minimum absolute atomic E-state index is 0.0293. The Balaban J connectivity index is 1.98. The van der Waals surface area contributed by atoms with E-state index in [0.717, 1.165) is 24.6 Å². The van der Waals surface area contributed by atoms with Crippen molar-refractivity contribution in [2.24, 2.45) is 11.7 Å². The quantitative estimate of drug-likeness (QED) is 0.893. The van der Waals surface area contributed by atoms with Gasteiger partial charge in [-0.15, -0.1) is 0 Å². The Morgan fingerprint density at radius 1 is 1.33 bits per heavy atom. The lowest BCUT2D eigenvalue weighted by molar-refractivity contribution is 0.107. The van der Waals surface area contributed by atoms with Crippen molar-refractivity contribution in [3.05, 3.63) is 35.6 Å². The van der Waals surface area contributed by atoms with Crippen molar-refractivity contribution in [1.82, 2.24) is 4.90 Å². The van der Waals surface area contributed by atoms with Gasteiger partial charge in [0, 0.05) is 18.6 Å². The Morgan fingerprint density at radius 3 is 2.67 bits per heavy atom. The molecule has 0 radical (unpaired) electrons. The number of likely N-dealkylation sites (tertiary alicyclic amines) is 1. The minimum atomic E-state index is -0.203. The predicted molar refractivity (Wildman–Crippen MR) is 72.8 cm³/mol. The first kappa shape index (κ1) is 13.5. The van der Waals surface area contributed by atoms with Gasteiger partial charge in [0.05, 0.1) is 0 Å². The summed E-state index contributed by atoms with van der Waals surface area (Å²) in [5.74, 6) is 0.532. The zero-order chi connectivity index (χ0) is 13.1. The SMILES string of the molecule is CC1CCCN(CC(N)c2ccc(F)cc2)C1C. The molecule has 1 aliphatic rings. The van der Waals surface area contributed by atoms with Gasteiger partial charge in [-0.05, 0) is 49.9 Å². The highest BCUT2D eigenvalue weighted by atomic mass is 19.1. The van der Waals surface area contributed by atoms with E-state index in [9.17, 15) is 4.39 Å². The fourth-order valence-electron chi connectivity index (χ4n) is 2.75. The Bertz CT molecular complexity index is 377. The third kappa shape index (κ3) is 3.09. The molecule has 1 aromatic rings. The molecule has 100 valence electrons. The molecule has 0 amide bonds. The summed E-state index contributed by atoms with van der Waals surface area (Å²) >= 11 is 0. The molecule has 1 aromatic carbocycles. The summed E-state index contributed by atoms with van der Waals surface area (Å²) in [6.07, 6.45) is 2.56. The summed E-state index contributed by atoms with van der Waals surface area (Å²) < 4.78 is 12.9. The van der Waals surface area contributed by atoms with E-state index in [1.165, 1.54) is 25.0 Å². The first-order chi connectivity index (χ1) is 8.58. The summed E-state index contributed by atoms with van der Waals surface area (Å²) in [7, 11) is 0. The van der Waals surface area contributed by atoms with Gasteiger partial charge < -0.3 is 5.73 Å². The van der Waals surface area contributed by atoms with Crippen LogP contribution < -0.4 is 5.73 Å². The molecule has 2 rings (SSSR count). The molecule has 0 aromatic heterocycles. The zero-order valence-corrected chi connectivity index (χ0v) is 11.3. The highest BCUT2D eigenvalue weighted by molar-refractivity contribution is 5.19. The number of nitrogens with two attached hydrogens (primary N) is 1. The van der Waals surface area contributed by atoms with Crippen molar-refractivity contribution in [1.29, 1.82) is 0 Å². The summed E-state index contributed by atoms with van der Waals surface area (Å²) in [5.41, 5.74) is 7.24. The van der Waals surface area contributed by atoms with Gasteiger partial charge in [0.1, 0.15) is 5.82 Å². The van der Waals surface area contributed by atoms with E-state index in [-0.39, 0.29) is 11.9 Å². The molecule has 1 saturated heterocycles. The number of piperidine rings is 1. The zero-order valence-electron chi connectivity index (χ0n) is 11.3. The third-order valence-electron chi connectivity index (χ3n) is 4.23. The average molecular weight is 250 g/mol. The van der Waals surface area contributed by atoms with Crippen LogP contribution in [0.25, 0.3) is 0 Å². The third-order valence-corrected chi connectivity index (χ3v) is 4.23. The molecular formula is C15H23FN2. The van der Waals surface area contributed by atoms with Gasteiger partial charge in [-0.2, -0.15) is 0 Å². The Labute approximate surface area is 109 Å². The first-order valence-corrected chi connectivity index (χ1v) is 6.83. The van der Waals surface area contributed by atoms with Gasteiger partial charge in [0.25, 0.3) is 0 Å². The van der Waals surface area contributed by atoms with Crippen LogP contribution in [0.3, 0.4) is 0 Å². The van der Waals surface area contributed by atoms with Crippen LogP contribution in [0.2, 0.25) is 0 Å². The molecule has 2 nitrogen and oxygen atoms in total. The van der Waals surface area contributed by atoms with Crippen LogP contribution in [0, 0.1) is 11.7 Å². The minimum Gasteiger partial charge on any atom is -0.323 e. The predicted octanol–water partition coefficient (Wildman–Crippen LogP) is 2.95. The van der Waals surface area contributed by atoms with Gasteiger partial charge in [-0.3, -0.25) is 4.90 Å². The van der Waals surface area contributed by atoms with E-state index in [2.05, 4.69) is 18.7 Å². The van der Waals surface area contributed by atoms with Gasteiger partial charge >= 0.3 is 0 Å². The lowest BCUT2D eigenvalue weighted by atomic mass is 9.91. The summed E-state index contributed by atoms with van der Waals surface area (Å²) in [6.45, 7) is 6.57. The molecule has 2 N–H and O–H groups in total. The fraction of sp³-hybridized carbons (Fsp3) is 0.600. The van der Waals surface area contributed by atoms with Crippen LogP contribution in [-0.4, -0.2) is 24.0 Å². The van der Waals surface area contributed by atoms with E-state index in [1.54, 1.807) is 12.1 Å². The second-order valence-electron chi connectivity index (χ2n) is 5.51. The van der Waals surface area contributed by atoms with Gasteiger partial charge in [0.2, 0.25) is 0 Å². The molecular weight excluding hydrogens is 227 g/mol. The van der Waals surface area contributed by atoms with Crippen molar-refractivity contribution in [3.8, 4) is 0 Å². The Hall–Kier alpha value is -0.930. The lowest BCUT2D eigenvalue weighted by Crippen LogP contribution is -2.45. The van der Waals surface area contributed by atoms with Gasteiger partial charge in [0.15, 0.2) is 0 Å². The topological polar surface area (TPSA) is 29.3 Å². The molecule has 3 atom stereocenters. The van der Waals surface area contributed by atoms with Crippen molar-refractivity contribution in [2.75, 3.05) is 13.1 Å². The molecule has 0 spiro atoms. The maximum absolute atomic E-state index is 12.9. The van der Waals surface area contributed by atoms with Crippen molar-refractivity contribution < 1.29 is 4.39 Å². The van der Waals surface area contributed by atoms with E-state index in [1.807, 2.05) is 0 Å². The maximum Gasteiger partial charge on any atom is 0.123 e. The fourth-order valence-corrected chi connectivity index (χ4v) is 2.75. The van der Waals surface area contributed by atoms with Crippen molar-refractivity contribution in [3.63, 3.8) is 0 Å². The number of nitrogens with zero attached hydrogens (tertiary/aromatic N) is 1. The smallest absolute Gasteiger partial charge is 0.123 e. The van der Waals surface area contributed by atoms with Crippen molar-refractivity contribution >= 4 is 0 Å². The van der Waals surface area contributed by atoms with E-state index in [0.29, 0.717) is 6.04 Å². The number of benzene rings is 1. The van der Waals surface area contributed by atoms with Crippen LogP contribution in [-0.2, 0) is 0 Å². The van der Waals surface area contributed by atoms with Crippen LogP contribution in [0.4, 0.5) is 4.39 Å². The standard InChI is InChI=1S/C15H23FN2/c1-11-4-3-9-18(12(11)2)10-15(17)13-5-7-14(16)8-6-13/h5-8,11-12,15H,3-4,9-10,17H2,1-2H3. The van der Waals surface area contributed by atoms with Crippen LogP contribution >= 0.6 is 0 Å². The van der Waals surface area contributed by atoms with Crippen LogP contribution in [0.15, 0.2) is 24.3 Å². The van der Waals surface area contributed by atoms with Crippen molar-refractivity contribution in [2.45, 2.75) is 38.8 Å². The first-order valence-electron chi connectivity index (χ1n) is 6.83. The molecule has 1 fully saturated rings. The average Bonchev–Trinajstić information content (AvgIpc) is 2.36. The van der Waals surface area contributed by atoms with Crippen LogP contribution in [0.5, 0.6) is 0 Å². The highest BCUT2D eigenvalue weighted by Crippen LogP contribution is 2.24. The van der Waals surface area contributed by atoms with Gasteiger partial charge in [-0.25, -0.2) is 4.39 Å². The summed E-state index contributed by atoms with van der Waals surface area (Å²) in [6, 6.07) is 7.11. The molecule has 0 bridgehead atoms. The molecule has 0 aliphatic carbocycles. The number of hydrogen-bond donors (Lipinski definition) is 1. The Morgan fingerprint density at radius 2 is 2.00 bits per heavy atom. The number of hydrogen-bond acceptors (Lipinski definition) is 2.